The van der Waals surface area contributed by atoms with Crippen LogP contribution in [0.15, 0.2) is 54.6 Å². The molecule has 2 heterocycles. The zero-order chi connectivity index (χ0) is 26.9. The number of amides is 2. The Morgan fingerprint density at radius 3 is 2.42 bits per heavy atom. The molecule has 200 valence electrons. The average molecular weight is 530 g/mol. The van der Waals surface area contributed by atoms with Crippen LogP contribution in [-0.2, 0) is 19.4 Å². The number of carbonyl (C=O) groups is 2. The highest BCUT2D eigenvalue weighted by Crippen LogP contribution is 2.44. The molecule has 1 fully saturated rings. The van der Waals surface area contributed by atoms with E-state index >= 15 is 0 Å². The Hall–Kier alpha value is -2.96. The molecule has 1 aliphatic heterocycles. The van der Waals surface area contributed by atoms with E-state index in [1.165, 1.54) is 10.4 Å². The summed E-state index contributed by atoms with van der Waals surface area (Å²) in [7, 11) is 0. The van der Waals surface area contributed by atoms with Crippen LogP contribution in [0.4, 0.5) is 5.00 Å². The third kappa shape index (κ3) is 5.87. The second kappa shape index (κ2) is 11.0. The van der Waals surface area contributed by atoms with E-state index in [9.17, 15) is 9.59 Å². The summed E-state index contributed by atoms with van der Waals surface area (Å²) in [6, 6.07) is 18.1. The summed E-state index contributed by atoms with van der Waals surface area (Å²) in [5.41, 5.74) is 5.07. The fourth-order valence-electron chi connectivity index (χ4n) is 5.71. The molecule has 1 N–H and O–H groups in total. The standard InChI is InChI=1S/C32H39N3O2S/c1-22-9-8-12-24(19-22)29(36)33-30-28(26-14-13-25(32(2,3)4)20-27(26)38-30)31(37)35-17-15-34(16-18-35)21-23-10-6-5-7-11-23/h5-12,19,25H,13-18,20-21H2,1-4H3,(H,33,36). The number of nitrogens with one attached hydrogen (secondary N) is 1. The van der Waals surface area contributed by atoms with Gasteiger partial charge < -0.3 is 10.2 Å². The molecule has 1 aliphatic carbocycles. The molecule has 6 heteroatoms. The minimum atomic E-state index is -0.151. The van der Waals surface area contributed by atoms with Crippen molar-refractivity contribution in [3.05, 3.63) is 87.3 Å². The first kappa shape index (κ1) is 26.6. The Labute approximate surface area is 230 Å². The van der Waals surface area contributed by atoms with Gasteiger partial charge in [0.15, 0.2) is 0 Å². The van der Waals surface area contributed by atoms with Crippen LogP contribution in [0.1, 0.15) is 69.5 Å². The number of nitrogens with zero attached hydrogens (tertiary/aromatic N) is 2. The quantitative estimate of drug-likeness (QED) is 0.415. The molecule has 5 rings (SSSR count). The van der Waals surface area contributed by atoms with Gasteiger partial charge in [-0.1, -0.05) is 68.8 Å². The van der Waals surface area contributed by atoms with Gasteiger partial charge in [0.2, 0.25) is 0 Å². The number of aryl methyl sites for hydroxylation is 1. The van der Waals surface area contributed by atoms with Crippen molar-refractivity contribution in [1.82, 2.24) is 9.80 Å². The number of anilines is 1. The monoisotopic (exact) mass is 529 g/mol. The first-order valence-corrected chi connectivity index (χ1v) is 14.6. The molecule has 2 aromatic carbocycles. The highest BCUT2D eigenvalue weighted by Gasteiger charge is 2.36. The van der Waals surface area contributed by atoms with E-state index in [0.29, 0.717) is 29.6 Å². The van der Waals surface area contributed by atoms with Crippen molar-refractivity contribution in [3.63, 3.8) is 0 Å². The number of thiophene rings is 1. The molecule has 3 aromatic rings. The molecule has 2 amide bonds. The van der Waals surface area contributed by atoms with Crippen molar-refractivity contribution in [2.45, 2.75) is 53.5 Å². The lowest BCUT2D eigenvalue weighted by Crippen LogP contribution is -2.48. The van der Waals surface area contributed by atoms with Gasteiger partial charge in [0.05, 0.1) is 5.56 Å². The zero-order valence-electron chi connectivity index (χ0n) is 23.0. The minimum absolute atomic E-state index is 0.0654. The molecule has 1 unspecified atom stereocenters. The zero-order valence-corrected chi connectivity index (χ0v) is 23.9. The van der Waals surface area contributed by atoms with Crippen LogP contribution in [0.3, 0.4) is 0 Å². The van der Waals surface area contributed by atoms with E-state index in [1.54, 1.807) is 11.3 Å². The lowest BCUT2D eigenvalue weighted by atomic mass is 9.72. The number of benzene rings is 2. The van der Waals surface area contributed by atoms with Gasteiger partial charge in [0, 0.05) is 43.2 Å². The van der Waals surface area contributed by atoms with Crippen molar-refractivity contribution in [2.75, 3.05) is 31.5 Å². The van der Waals surface area contributed by atoms with Crippen LogP contribution in [0, 0.1) is 18.3 Å². The minimum Gasteiger partial charge on any atom is -0.336 e. The van der Waals surface area contributed by atoms with Crippen molar-refractivity contribution >= 4 is 28.2 Å². The summed E-state index contributed by atoms with van der Waals surface area (Å²) in [5.74, 6) is 0.482. The Balaban J connectivity index is 1.37. The van der Waals surface area contributed by atoms with Gasteiger partial charge in [-0.15, -0.1) is 11.3 Å². The maximum absolute atomic E-state index is 14.0. The number of hydrogen-bond acceptors (Lipinski definition) is 4. The SMILES string of the molecule is Cc1cccc(C(=O)Nc2sc3c(c2C(=O)N2CCN(Cc4ccccc4)CC2)CCC(C(C)(C)C)C3)c1. The predicted octanol–water partition coefficient (Wildman–Crippen LogP) is 6.42. The molecule has 0 bridgehead atoms. The molecule has 5 nitrogen and oxygen atoms in total. The van der Waals surface area contributed by atoms with E-state index in [1.807, 2.05) is 42.2 Å². The summed E-state index contributed by atoms with van der Waals surface area (Å²) in [5, 5.41) is 3.86. The Kier molecular flexibility index (Phi) is 7.73. The maximum atomic E-state index is 14.0. The van der Waals surface area contributed by atoms with Crippen molar-refractivity contribution in [2.24, 2.45) is 11.3 Å². The summed E-state index contributed by atoms with van der Waals surface area (Å²) in [6.07, 6.45) is 2.93. The number of carbonyl (C=O) groups excluding carboxylic acids is 2. The van der Waals surface area contributed by atoms with Crippen molar-refractivity contribution < 1.29 is 9.59 Å². The summed E-state index contributed by atoms with van der Waals surface area (Å²) in [4.78, 5) is 32.9. The lowest BCUT2D eigenvalue weighted by molar-refractivity contribution is 0.0628. The molecule has 38 heavy (non-hydrogen) atoms. The van der Waals surface area contributed by atoms with Crippen LogP contribution in [-0.4, -0.2) is 47.8 Å². The highest BCUT2D eigenvalue weighted by atomic mass is 32.1. The Morgan fingerprint density at radius 2 is 1.74 bits per heavy atom. The highest BCUT2D eigenvalue weighted by molar-refractivity contribution is 7.17. The lowest BCUT2D eigenvalue weighted by Gasteiger charge is -2.36. The summed E-state index contributed by atoms with van der Waals surface area (Å²) < 4.78 is 0. The first-order chi connectivity index (χ1) is 18.2. The van der Waals surface area contributed by atoms with Crippen LogP contribution in [0.5, 0.6) is 0 Å². The smallest absolute Gasteiger partial charge is 0.257 e. The summed E-state index contributed by atoms with van der Waals surface area (Å²) >= 11 is 1.61. The number of piperazine rings is 1. The van der Waals surface area contributed by atoms with Gasteiger partial charge in [0.25, 0.3) is 11.8 Å². The molecular weight excluding hydrogens is 490 g/mol. The van der Waals surface area contributed by atoms with Gasteiger partial charge in [-0.3, -0.25) is 14.5 Å². The van der Waals surface area contributed by atoms with Crippen molar-refractivity contribution in [1.29, 1.82) is 0 Å². The predicted molar refractivity (Wildman–Crippen MR) is 156 cm³/mol. The fraction of sp³-hybridized carbons (Fsp3) is 0.438. The third-order valence-corrected chi connectivity index (χ3v) is 9.29. The van der Waals surface area contributed by atoms with Crippen molar-refractivity contribution in [3.8, 4) is 0 Å². The number of hydrogen-bond donors (Lipinski definition) is 1. The average Bonchev–Trinajstić information content (AvgIpc) is 3.26. The Bertz CT molecular complexity index is 1300. The van der Waals surface area contributed by atoms with Gasteiger partial charge in [-0.25, -0.2) is 0 Å². The molecule has 0 radical (unpaired) electrons. The van der Waals surface area contributed by atoms with Gasteiger partial charge in [0.1, 0.15) is 5.00 Å². The van der Waals surface area contributed by atoms with E-state index in [2.05, 4.69) is 55.3 Å². The molecular formula is C32H39N3O2S. The number of rotatable bonds is 5. The molecule has 1 saturated heterocycles. The van der Waals surface area contributed by atoms with Crippen LogP contribution < -0.4 is 5.32 Å². The molecule has 2 aliphatic rings. The number of fused-ring (bicyclic) bond motifs is 1. The van der Waals surface area contributed by atoms with E-state index in [0.717, 1.165) is 55.6 Å². The van der Waals surface area contributed by atoms with E-state index in [-0.39, 0.29) is 17.2 Å². The van der Waals surface area contributed by atoms with Crippen LogP contribution in [0.25, 0.3) is 0 Å². The topological polar surface area (TPSA) is 52.7 Å². The van der Waals surface area contributed by atoms with Gasteiger partial charge in [-0.2, -0.15) is 0 Å². The van der Waals surface area contributed by atoms with Crippen LogP contribution >= 0.6 is 11.3 Å². The Morgan fingerprint density at radius 1 is 1.00 bits per heavy atom. The first-order valence-electron chi connectivity index (χ1n) is 13.8. The van der Waals surface area contributed by atoms with E-state index < -0.39 is 0 Å². The molecule has 0 spiro atoms. The normalized spacial score (nSPS) is 18.2. The van der Waals surface area contributed by atoms with Gasteiger partial charge >= 0.3 is 0 Å². The van der Waals surface area contributed by atoms with Crippen LogP contribution in [0.2, 0.25) is 0 Å². The fourth-order valence-corrected chi connectivity index (χ4v) is 7.02. The largest absolute Gasteiger partial charge is 0.336 e. The van der Waals surface area contributed by atoms with Gasteiger partial charge in [-0.05, 0) is 60.8 Å². The second-order valence-electron chi connectivity index (χ2n) is 11.9. The third-order valence-electron chi connectivity index (χ3n) is 8.12. The molecule has 0 saturated carbocycles. The summed E-state index contributed by atoms with van der Waals surface area (Å²) in [6.45, 7) is 12.9. The molecule has 1 aromatic heterocycles. The van der Waals surface area contributed by atoms with E-state index in [4.69, 9.17) is 0 Å². The second-order valence-corrected chi connectivity index (χ2v) is 13.0. The molecule has 1 atom stereocenters. The maximum Gasteiger partial charge on any atom is 0.257 e.